The average molecular weight is 596 g/mol. The molecule has 0 aromatic rings. The summed E-state index contributed by atoms with van der Waals surface area (Å²) in [6.07, 6.45) is 5.38. The zero-order valence-corrected chi connectivity index (χ0v) is 26.7. The molecule has 1 saturated heterocycles. The maximum absolute atomic E-state index is 11.5. The minimum atomic E-state index is -1.07. The number of aliphatic hydroxyl groups is 5. The third kappa shape index (κ3) is 11.6. The minimum absolute atomic E-state index is 0.146. The topological polar surface area (TPSA) is 163 Å². The van der Waals surface area contributed by atoms with Crippen molar-refractivity contribution in [1.82, 2.24) is 0 Å². The maximum Gasteiger partial charge on any atom is 0.404 e. The summed E-state index contributed by atoms with van der Waals surface area (Å²) >= 11 is 0. The number of rotatable bonds is 16. The van der Waals surface area contributed by atoms with Crippen LogP contribution in [0.2, 0.25) is 0 Å². The Bertz CT molecular complexity index is 920. The lowest BCUT2D eigenvalue weighted by Crippen LogP contribution is -2.49. The molecule has 9 nitrogen and oxygen atoms in total. The number of aliphatic hydroxyl groups excluding tert-OH is 5. The molecule has 9 heteroatoms. The fourth-order valence-corrected chi connectivity index (χ4v) is 5.92. The van der Waals surface area contributed by atoms with Crippen LogP contribution < -0.4 is 5.73 Å². The van der Waals surface area contributed by atoms with Crippen molar-refractivity contribution in [3.63, 3.8) is 0 Å². The van der Waals surface area contributed by atoms with Gasteiger partial charge in [0.2, 0.25) is 0 Å². The molecule has 1 aliphatic heterocycles. The number of carbonyl (C=O) groups is 1. The molecule has 0 radical (unpaired) electrons. The molecule has 1 fully saturated rings. The molecule has 1 aliphatic rings. The number of allylic oxidation sites excluding steroid dienone is 3. The van der Waals surface area contributed by atoms with Gasteiger partial charge in [0.05, 0.1) is 30.5 Å². The summed E-state index contributed by atoms with van der Waals surface area (Å²) in [5, 5.41) is 52.9. The normalized spacial score (nSPS) is 30.2. The zero-order chi connectivity index (χ0) is 32.3. The number of primary amides is 1. The Morgan fingerprint density at radius 2 is 1.57 bits per heavy atom. The number of nitrogens with two attached hydrogens (primary N) is 1. The highest BCUT2D eigenvalue weighted by atomic mass is 16.6. The van der Waals surface area contributed by atoms with Gasteiger partial charge < -0.3 is 40.7 Å². The van der Waals surface area contributed by atoms with Crippen molar-refractivity contribution in [2.24, 2.45) is 47.2 Å². The fraction of sp³-hybridized carbons (Fsp3) is 0.727. The third-order valence-corrected chi connectivity index (χ3v) is 8.77. The Balaban J connectivity index is 2.76. The lowest BCUT2D eigenvalue weighted by molar-refractivity contribution is -0.245. The third-order valence-electron chi connectivity index (χ3n) is 8.77. The van der Waals surface area contributed by atoms with Gasteiger partial charge in [-0.2, -0.15) is 0 Å². The Hall–Kier alpha value is -2.01. The molecular formula is C33H57NO8. The summed E-state index contributed by atoms with van der Waals surface area (Å²) in [4.78, 5) is 11.5. The van der Waals surface area contributed by atoms with Crippen molar-refractivity contribution in [2.75, 3.05) is 0 Å². The number of hydrogen-bond acceptors (Lipinski definition) is 8. The summed E-state index contributed by atoms with van der Waals surface area (Å²) in [6.45, 7) is 18.7. The van der Waals surface area contributed by atoms with Crippen molar-refractivity contribution in [3.05, 3.63) is 48.6 Å². The van der Waals surface area contributed by atoms with Gasteiger partial charge in [-0.25, -0.2) is 4.79 Å². The second kappa shape index (κ2) is 18.0. The number of hydrogen-bond donors (Lipinski definition) is 6. The molecule has 0 saturated carbocycles. The molecule has 42 heavy (non-hydrogen) atoms. The van der Waals surface area contributed by atoms with Gasteiger partial charge >= 0.3 is 6.09 Å². The molecular weight excluding hydrogens is 538 g/mol. The van der Waals surface area contributed by atoms with E-state index in [9.17, 15) is 30.3 Å². The van der Waals surface area contributed by atoms with Crippen LogP contribution in [0.15, 0.2) is 48.6 Å². The first-order valence-electron chi connectivity index (χ1n) is 15.2. The summed E-state index contributed by atoms with van der Waals surface area (Å²) < 4.78 is 11.0. The highest BCUT2D eigenvalue weighted by Gasteiger charge is 2.40. The molecule has 0 aromatic heterocycles. The van der Waals surface area contributed by atoms with E-state index >= 15 is 0 Å². The van der Waals surface area contributed by atoms with E-state index in [1.165, 1.54) is 0 Å². The summed E-state index contributed by atoms with van der Waals surface area (Å²) in [5.41, 5.74) is 6.31. The largest absolute Gasteiger partial charge is 0.445 e. The molecule has 242 valence electrons. The van der Waals surface area contributed by atoms with Gasteiger partial charge in [-0.05, 0) is 19.3 Å². The lowest BCUT2D eigenvalue weighted by atomic mass is 9.81. The molecule has 7 N–H and O–H groups in total. The first kappa shape index (κ1) is 38.0. The van der Waals surface area contributed by atoms with Gasteiger partial charge in [-0.1, -0.05) is 97.1 Å². The van der Waals surface area contributed by atoms with Gasteiger partial charge in [0.1, 0.15) is 6.10 Å². The van der Waals surface area contributed by atoms with Crippen LogP contribution in [0.1, 0.15) is 68.2 Å². The molecule has 0 bridgehead atoms. The summed E-state index contributed by atoms with van der Waals surface area (Å²) in [7, 11) is 0. The van der Waals surface area contributed by atoms with Gasteiger partial charge in [0.25, 0.3) is 0 Å². The van der Waals surface area contributed by atoms with Crippen molar-refractivity contribution >= 4 is 6.09 Å². The zero-order valence-electron chi connectivity index (χ0n) is 26.7. The maximum atomic E-state index is 11.5. The van der Waals surface area contributed by atoms with Crippen LogP contribution >= 0.6 is 0 Å². The second-order valence-corrected chi connectivity index (χ2v) is 12.6. The fourth-order valence-electron chi connectivity index (χ4n) is 5.92. The first-order chi connectivity index (χ1) is 19.5. The molecule has 0 aromatic carbocycles. The van der Waals surface area contributed by atoms with Crippen LogP contribution in [0.25, 0.3) is 0 Å². The Labute approximate surface area is 252 Å². The average Bonchev–Trinajstić information content (AvgIpc) is 2.93. The number of ether oxygens (including phenoxy) is 2. The van der Waals surface area contributed by atoms with Crippen LogP contribution in [-0.4, -0.2) is 74.5 Å². The van der Waals surface area contributed by atoms with E-state index in [2.05, 4.69) is 6.58 Å². The van der Waals surface area contributed by atoms with Crippen LogP contribution in [-0.2, 0) is 9.47 Å². The van der Waals surface area contributed by atoms with Gasteiger partial charge in [0.15, 0.2) is 6.29 Å². The second-order valence-electron chi connectivity index (χ2n) is 12.6. The smallest absolute Gasteiger partial charge is 0.404 e. The number of amides is 1. The molecule has 3 unspecified atom stereocenters. The van der Waals surface area contributed by atoms with E-state index < -0.39 is 54.9 Å². The highest BCUT2D eigenvalue weighted by molar-refractivity contribution is 5.64. The Kier molecular flexibility index (Phi) is 16.2. The van der Waals surface area contributed by atoms with Gasteiger partial charge in [0, 0.05) is 41.9 Å². The Morgan fingerprint density at radius 3 is 2.14 bits per heavy atom. The van der Waals surface area contributed by atoms with Crippen LogP contribution in [0.4, 0.5) is 4.79 Å². The van der Waals surface area contributed by atoms with E-state index in [1.807, 2.05) is 60.6 Å². The molecule has 1 rings (SSSR count). The van der Waals surface area contributed by atoms with Gasteiger partial charge in [-0.15, -0.1) is 0 Å². The summed E-state index contributed by atoms with van der Waals surface area (Å²) in [6, 6.07) is 0. The van der Waals surface area contributed by atoms with Gasteiger partial charge in [-0.3, -0.25) is 0 Å². The SMILES string of the molecule is C=C/C=C\[C@H](C)[C@H](OC(N)=O)[C@@H](C)[C@H](O)[C@@H](C)C/C(C)=C\[C@H](C)[C@@H](O)[C@@H](C)/C=C\C(O)CC1OC(O)[C@H](C)[C@@H](O)[C@H]1C. The first-order valence-corrected chi connectivity index (χ1v) is 15.2. The molecule has 0 aliphatic carbocycles. The quantitative estimate of drug-likeness (QED) is 0.115. The van der Waals surface area contributed by atoms with Crippen LogP contribution in [0.3, 0.4) is 0 Å². The predicted molar refractivity (Wildman–Crippen MR) is 165 cm³/mol. The number of carbonyl (C=O) groups excluding carboxylic acids is 1. The minimum Gasteiger partial charge on any atom is -0.445 e. The van der Waals surface area contributed by atoms with E-state index in [4.69, 9.17) is 15.2 Å². The van der Waals surface area contributed by atoms with Crippen molar-refractivity contribution in [2.45, 2.75) is 111 Å². The predicted octanol–water partition coefficient (Wildman–Crippen LogP) is 4.09. The van der Waals surface area contributed by atoms with Crippen molar-refractivity contribution in [3.8, 4) is 0 Å². The molecule has 1 amide bonds. The Morgan fingerprint density at radius 1 is 0.952 bits per heavy atom. The van der Waals surface area contributed by atoms with Crippen molar-refractivity contribution in [1.29, 1.82) is 0 Å². The van der Waals surface area contributed by atoms with E-state index in [1.54, 1.807) is 31.2 Å². The monoisotopic (exact) mass is 595 g/mol. The van der Waals surface area contributed by atoms with E-state index in [-0.39, 0.29) is 41.9 Å². The molecule has 14 atom stereocenters. The lowest BCUT2D eigenvalue weighted by Gasteiger charge is -2.41. The highest BCUT2D eigenvalue weighted by Crippen LogP contribution is 2.32. The molecule has 0 spiro atoms. The standard InChI is InChI=1S/C33H57NO8/c1-10-11-12-20(4)31(42-33(34)40)24(8)29(37)22(6)16-18(2)15-21(5)28(36)19(3)13-14-26(35)17-27-23(7)30(38)25(9)32(39)41-27/h10-15,19-32,35-39H,1,16-17H2,2-9H3,(H2,34,40)/b12-11-,14-13-,18-15-/t19-,20-,21-,22-,23-,24-,25+,26?,27?,28-,29+,30-,31-,32?/m0/s1. The van der Waals surface area contributed by atoms with E-state index in [0.29, 0.717) is 6.42 Å². The van der Waals surface area contributed by atoms with Crippen molar-refractivity contribution < 1.29 is 39.8 Å². The summed E-state index contributed by atoms with van der Waals surface area (Å²) in [5.74, 6) is -1.76. The van der Waals surface area contributed by atoms with Crippen LogP contribution in [0, 0.1) is 41.4 Å². The van der Waals surface area contributed by atoms with Crippen LogP contribution in [0.5, 0.6) is 0 Å². The molecule has 1 heterocycles. The van der Waals surface area contributed by atoms with E-state index in [0.717, 1.165) is 5.57 Å².